The van der Waals surface area contributed by atoms with Crippen LogP contribution in [0.1, 0.15) is 11.4 Å². The van der Waals surface area contributed by atoms with E-state index in [-0.39, 0.29) is 0 Å². The fourth-order valence-electron chi connectivity index (χ4n) is 1.99. The van der Waals surface area contributed by atoms with Gasteiger partial charge in [0.2, 0.25) is 0 Å². The van der Waals surface area contributed by atoms with Crippen LogP contribution in [0.15, 0.2) is 48.1 Å². The van der Waals surface area contributed by atoms with Crippen LogP contribution in [0.5, 0.6) is 0 Å². The van der Waals surface area contributed by atoms with E-state index < -0.39 is 0 Å². The molecule has 0 aliphatic rings. The van der Waals surface area contributed by atoms with Crippen molar-refractivity contribution in [2.45, 2.75) is 25.2 Å². The summed E-state index contributed by atoms with van der Waals surface area (Å²) in [5.41, 5.74) is 1.25. The van der Waals surface area contributed by atoms with Gasteiger partial charge in [-0.1, -0.05) is 42.1 Å². The van der Waals surface area contributed by atoms with Gasteiger partial charge in [-0.05, 0) is 12.5 Å². The Kier molecular flexibility index (Phi) is 4.30. The Balaban J connectivity index is 1.65. The SMILES string of the molecule is Cc1nnc(SCCn2cncn2)n1Cc1ccccc1. The number of aryl methyl sites for hydroxylation is 2. The average Bonchev–Trinajstić information content (AvgIpc) is 3.13. The zero-order valence-corrected chi connectivity index (χ0v) is 12.6. The summed E-state index contributed by atoms with van der Waals surface area (Å²) in [6.45, 7) is 3.59. The molecule has 21 heavy (non-hydrogen) atoms. The van der Waals surface area contributed by atoms with E-state index in [4.69, 9.17) is 0 Å². The zero-order valence-electron chi connectivity index (χ0n) is 11.8. The maximum Gasteiger partial charge on any atom is 0.191 e. The first-order valence-electron chi connectivity index (χ1n) is 6.72. The monoisotopic (exact) mass is 300 g/mol. The Morgan fingerprint density at radius 1 is 1.14 bits per heavy atom. The molecule has 1 aromatic carbocycles. The molecule has 0 atom stereocenters. The largest absolute Gasteiger partial charge is 0.302 e. The van der Waals surface area contributed by atoms with Crippen LogP contribution in [0.2, 0.25) is 0 Å². The molecule has 0 saturated heterocycles. The van der Waals surface area contributed by atoms with Gasteiger partial charge in [-0.3, -0.25) is 4.68 Å². The number of nitrogens with zero attached hydrogens (tertiary/aromatic N) is 6. The second kappa shape index (κ2) is 6.53. The lowest BCUT2D eigenvalue weighted by Crippen LogP contribution is -2.05. The second-order valence-corrected chi connectivity index (χ2v) is 5.67. The molecule has 0 spiro atoms. The van der Waals surface area contributed by atoms with E-state index in [1.54, 1.807) is 24.4 Å². The summed E-state index contributed by atoms with van der Waals surface area (Å²) in [7, 11) is 0. The van der Waals surface area contributed by atoms with Gasteiger partial charge in [0, 0.05) is 5.75 Å². The lowest BCUT2D eigenvalue weighted by atomic mass is 10.2. The molecule has 2 aromatic heterocycles. The zero-order chi connectivity index (χ0) is 14.5. The van der Waals surface area contributed by atoms with Crippen LogP contribution in [-0.2, 0) is 13.1 Å². The van der Waals surface area contributed by atoms with Crippen LogP contribution >= 0.6 is 11.8 Å². The molecule has 7 heteroatoms. The van der Waals surface area contributed by atoms with Crippen LogP contribution < -0.4 is 0 Å². The smallest absolute Gasteiger partial charge is 0.191 e. The van der Waals surface area contributed by atoms with Crippen LogP contribution in [0.25, 0.3) is 0 Å². The van der Waals surface area contributed by atoms with Crippen molar-refractivity contribution in [2.75, 3.05) is 5.75 Å². The van der Waals surface area contributed by atoms with Gasteiger partial charge in [-0.15, -0.1) is 10.2 Å². The van der Waals surface area contributed by atoms with Gasteiger partial charge in [0.05, 0.1) is 13.1 Å². The van der Waals surface area contributed by atoms with Gasteiger partial charge in [0.15, 0.2) is 5.16 Å². The van der Waals surface area contributed by atoms with Crippen molar-refractivity contribution in [2.24, 2.45) is 0 Å². The minimum absolute atomic E-state index is 0.797. The van der Waals surface area contributed by atoms with Crippen LogP contribution in [0.4, 0.5) is 0 Å². The quantitative estimate of drug-likeness (QED) is 0.652. The summed E-state index contributed by atoms with van der Waals surface area (Å²) in [6, 6.07) is 10.3. The Hall–Kier alpha value is -2.15. The molecule has 108 valence electrons. The van der Waals surface area contributed by atoms with Crippen molar-refractivity contribution in [1.82, 2.24) is 29.5 Å². The molecule has 0 amide bonds. The Labute approximate surface area is 127 Å². The molecule has 0 N–H and O–H groups in total. The lowest BCUT2D eigenvalue weighted by molar-refractivity contribution is 0.658. The van der Waals surface area contributed by atoms with Crippen molar-refractivity contribution >= 4 is 11.8 Å². The standard InChI is InChI=1S/C14H16N6S/c1-12-17-18-14(21-8-7-19-11-15-10-16-19)20(12)9-13-5-3-2-4-6-13/h2-6,10-11H,7-9H2,1H3. The maximum atomic E-state index is 4.26. The van der Waals surface area contributed by atoms with E-state index in [1.807, 2.05) is 29.8 Å². The van der Waals surface area contributed by atoms with Gasteiger partial charge >= 0.3 is 0 Å². The molecule has 0 unspecified atom stereocenters. The molecule has 3 aromatic rings. The summed E-state index contributed by atoms with van der Waals surface area (Å²) in [4.78, 5) is 3.93. The van der Waals surface area contributed by atoms with E-state index in [1.165, 1.54) is 5.56 Å². The molecular formula is C14H16N6S. The Morgan fingerprint density at radius 3 is 2.76 bits per heavy atom. The van der Waals surface area contributed by atoms with Crippen LogP contribution in [0, 0.1) is 6.92 Å². The fraction of sp³-hybridized carbons (Fsp3) is 0.286. The highest BCUT2D eigenvalue weighted by molar-refractivity contribution is 7.99. The summed E-state index contributed by atoms with van der Waals surface area (Å²) < 4.78 is 3.96. The predicted molar refractivity (Wildman–Crippen MR) is 81.0 cm³/mol. The summed E-state index contributed by atoms with van der Waals surface area (Å²) >= 11 is 1.69. The van der Waals surface area contributed by atoms with E-state index in [2.05, 4.69) is 37.0 Å². The second-order valence-electron chi connectivity index (χ2n) is 4.61. The van der Waals surface area contributed by atoms with Crippen molar-refractivity contribution in [3.8, 4) is 0 Å². The minimum atomic E-state index is 0.797. The third kappa shape index (κ3) is 3.49. The summed E-state index contributed by atoms with van der Waals surface area (Å²) in [6.07, 6.45) is 3.27. The highest BCUT2D eigenvalue weighted by Gasteiger charge is 2.09. The Bertz CT molecular complexity index is 677. The van der Waals surface area contributed by atoms with E-state index >= 15 is 0 Å². The fourth-order valence-corrected chi connectivity index (χ4v) is 2.91. The molecule has 0 aliphatic carbocycles. The highest BCUT2D eigenvalue weighted by Crippen LogP contribution is 2.18. The number of benzene rings is 1. The maximum absolute atomic E-state index is 4.26. The van der Waals surface area contributed by atoms with Gasteiger partial charge in [0.25, 0.3) is 0 Å². The molecule has 0 saturated carbocycles. The number of aromatic nitrogens is 6. The summed E-state index contributed by atoms with van der Waals surface area (Å²) in [5, 5.41) is 13.5. The molecule has 0 aliphatic heterocycles. The van der Waals surface area contributed by atoms with Crippen LogP contribution in [0.3, 0.4) is 0 Å². The Morgan fingerprint density at radius 2 is 2.00 bits per heavy atom. The van der Waals surface area contributed by atoms with Crippen LogP contribution in [-0.4, -0.2) is 35.3 Å². The van der Waals surface area contributed by atoms with Gasteiger partial charge < -0.3 is 4.57 Å². The van der Waals surface area contributed by atoms with Crippen molar-refractivity contribution in [3.05, 3.63) is 54.4 Å². The van der Waals surface area contributed by atoms with Gasteiger partial charge in [-0.2, -0.15) is 5.10 Å². The van der Waals surface area contributed by atoms with Crippen molar-refractivity contribution < 1.29 is 0 Å². The predicted octanol–water partition coefficient (Wildman–Crippen LogP) is 2.02. The van der Waals surface area contributed by atoms with Gasteiger partial charge in [-0.25, -0.2) is 4.98 Å². The molecule has 0 fully saturated rings. The first-order valence-corrected chi connectivity index (χ1v) is 7.70. The van der Waals surface area contributed by atoms with Crippen molar-refractivity contribution in [3.63, 3.8) is 0 Å². The topological polar surface area (TPSA) is 61.4 Å². The number of hydrogen-bond acceptors (Lipinski definition) is 5. The van der Waals surface area contributed by atoms with Gasteiger partial charge in [0.1, 0.15) is 18.5 Å². The average molecular weight is 300 g/mol. The number of hydrogen-bond donors (Lipinski definition) is 0. The molecular weight excluding hydrogens is 284 g/mol. The lowest BCUT2D eigenvalue weighted by Gasteiger charge is -2.08. The van der Waals surface area contributed by atoms with E-state index in [0.717, 1.165) is 29.8 Å². The molecule has 2 heterocycles. The number of thioether (sulfide) groups is 1. The molecule has 0 radical (unpaired) electrons. The minimum Gasteiger partial charge on any atom is -0.302 e. The molecule has 6 nitrogen and oxygen atoms in total. The van der Waals surface area contributed by atoms with Crippen molar-refractivity contribution in [1.29, 1.82) is 0 Å². The first kappa shape index (κ1) is 13.8. The van der Waals surface area contributed by atoms with E-state index in [0.29, 0.717) is 0 Å². The normalized spacial score (nSPS) is 10.9. The third-order valence-electron chi connectivity index (χ3n) is 3.10. The number of rotatable bonds is 6. The summed E-state index contributed by atoms with van der Waals surface area (Å²) in [5.74, 6) is 1.82. The van der Waals surface area contributed by atoms with E-state index in [9.17, 15) is 0 Å². The molecule has 3 rings (SSSR count). The first-order chi connectivity index (χ1) is 10.3. The highest BCUT2D eigenvalue weighted by atomic mass is 32.2. The third-order valence-corrected chi connectivity index (χ3v) is 4.05. The molecule has 0 bridgehead atoms.